The molecule has 0 aliphatic carbocycles. The number of hydrogen-bond donors (Lipinski definition) is 2. The van der Waals surface area contributed by atoms with Crippen LogP contribution in [0.5, 0.6) is 11.5 Å². The van der Waals surface area contributed by atoms with Crippen molar-refractivity contribution < 1.29 is 29.3 Å². The lowest BCUT2D eigenvalue weighted by molar-refractivity contribution is -0.133. The van der Waals surface area contributed by atoms with Gasteiger partial charge in [0, 0.05) is 36.9 Å². The minimum Gasteiger partial charge on any atom is -0.490 e. The smallest absolute Gasteiger partial charge is 0.346 e. The Morgan fingerprint density at radius 1 is 0.615 bits per heavy atom. The van der Waals surface area contributed by atoms with E-state index in [1.54, 1.807) is 6.07 Å². The van der Waals surface area contributed by atoms with E-state index in [1.807, 2.05) is 117 Å². The number of benzene rings is 5. The highest BCUT2D eigenvalue weighted by molar-refractivity contribution is 7.14. The number of ether oxygens (including phenoxy) is 2. The van der Waals surface area contributed by atoms with Crippen molar-refractivity contribution in [3.63, 3.8) is 0 Å². The Morgan fingerprint density at radius 3 is 1.54 bits per heavy atom. The summed E-state index contributed by atoms with van der Waals surface area (Å²) in [7, 11) is 0. The number of anilines is 3. The molecule has 9 nitrogen and oxygen atoms in total. The van der Waals surface area contributed by atoms with Crippen LogP contribution in [0.25, 0.3) is 40.3 Å². The van der Waals surface area contributed by atoms with Crippen molar-refractivity contribution in [1.82, 2.24) is 0 Å². The first-order valence-electron chi connectivity index (χ1n) is 20.5. The lowest BCUT2D eigenvalue weighted by Crippen LogP contribution is -2.10. The molecule has 0 radical (unpaired) electrons. The quantitative estimate of drug-likeness (QED) is 0.0401. The summed E-state index contributed by atoms with van der Waals surface area (Å²) in [5.41, 5.74) is 7.74. The second-order valence-electron chi connectivity index (χ2n) is 14.2. The Labute approximate surface area is 385 Å². The summed E-state index contributed by atoms with van der Waals surface area (Å²) in [6, 6.07) is 51.6. The average Bonchev–Trinajstić information content (AvgIpc) is 4.00. The topological polar surface area (TPSA) is 124 Å². The molecule has 11 heteroatoms. The third kappa shape index (κ3) is 11.1. The molecule has 65 heavy (non-hydrogen) atoms. The Bertz CT molecular complexity index is 2850. The maximum atomic E-state index is 11.6. The van der Waals surface area contributed by atoms with Crippen LogP contribution in [-0.2, 0) is 9.59 Å². The first kappa shape index (κ1) is 44.8. The summed E-state index contributed by atoms with van der Waals surface area (Å²) in [5, 5.41) is 28.2. The molecule has 2 N–H and O–H groups in total. The number of thiophene rings is 2. The zero-order chi connectivity index (χ0) is 45.7. The minimum atomic E-state index is -1.27. The monoisotopic (exact) mass is 891 g/mol. The van der Waals surface area contributed by atoms with Gasteiger partial charge in [0.2, 0.25) is 0 Å². The fourth-order valence-corrected chi connectivity index (χ4v) is 8.91. The highest BCUT2D eigenvalue weighted by Gasteiger charge is 2.18. The fourth-order valence-electron chi connectivity index (χ4n) is 6.94. The molecule has 0 bridgehead atoms. The Balaban J connectivity index is 1.28. The molecule has 0 spiro atoms. The van der Waals surface area contributed by atoms with Crippen molar-refractivity contribution in [2.24, 2.45) is 0 Å². The normalized spacial score (nSPS) is 11.9. The van der Waals surface area contributed by atoms with Crippen molar-refractivity contribution in [3.8, 4) is 17.6 Å². The SMILES string of the molecule is [C-]#[N+]C(=Cc1ccc(C(=Cc2ccc(N(c3ccc(C=C(c4ccccc4)c4ccc(C=C(C#N)C(=O)O)s4)cc3)c3ccc(OCC)c(OCC)c3)cc2)c2ccccc2)s1)C(=O)O. The number of aliphatic carboxylic acids is 2. The molecule has 0 amide bonds. The second-order valence-corrected chi connectivity index (χ2v) is 16.4. The maximum Gasteiger partial charge on any atom is 0.346 e. The molecule has 320 valence electrons. The summed E-state index contributed by atoms with van der Waals surface area (Å²) in [5.74, 6) is -1.25. The number of nitriles is 1. The molecule has 2 aromatic heterocycles. The molecule has 0 atom stereocenters. The van der Waals surface area contributed by atoms with Crippen molar-refractivity contribution in [2.45, 2.75) is 13.8 Å². The minimum absolute atomic E-state index is 0.328. The molecular weight excluding hydrogens is 851 g/mol. The number of rotatable bonds is 17. The van der Waals surface area contributed by atoms with Crippen molar-refractivity contribution >= 4 is 87.1 Å². The molecule has 0 aliphatic rings. The van der Waals surface area contributed by atoms with Crippen molar-refractivity contribution in [2.75, 3.05) is 18.1 Å². The van der Waals surface area contributed by atoms with Gasteiger partial charge in [0.25, 0.3) is 5.70 Å². The third-order valence-electron chi connectivity index (χ3n) is 9.92. The van der Waals surface area contributed by atoms with Crippen LogP contribution in [0.15, 0.2) is 163 Å². The van der Waals surface area contributed by atoms with Gasteiger partial charge in [0.05, 0.1) is 25.5 Å². The van der Waals surface area contributed by atoms with Crippen molar-refractivity contribution in [1.29, 1.82) is 5.26 Å². The van der Waals surface area contributed by atoms with E-state index < -0.39 is 11.9 Å². The summed E-state index contributed by atoms with van der Waals surface area (Å²) in [6.45, 7) is 12.1. The zero-order valence-corrected chi connectivity index (χ0v) is 37.0. The first-order valence-corrected chi connectivity index (χ1v) is 22.1. The van der Waals surface area contributed by atoms with E-state index in [9.17, 15) is 25.1 Å². The average molecular weight is 892 g/mol. The van der Waals surface area contributed by atoms with Crippen LogP contribution in [0, 0.1) is 17.9 Å². The third-order valence-corrected chi connectivity index (χ3v) is 12.1. The number of carboxylic acid groups (broad SMARTS) is 2. The Hall–Kier alpha value is -8.22. The van der Waals surface area contributed by atoms with Gasteiger partial charge in [-0.1, -0.05) is 84.9 Å². The number of carboxylic acids is 2. The van der Waals surface area contributed by atoms with E-state index in [0.717, 1.165) is 60.2 Å². The van der Waals surface area contributed by atoms with Gasteiger partial charge in [-0.3, -0.25) is 4.79 Å². The van der Waals surface area contributed by atoms with Crippen LogP contribution in [0.1, 0.15) is 55.6 Å². The molecular formula is C54H41N3O6S2. The highest BCUT2D eigenvalue weighted by atomic mass is 32.1. The lowest BCUT2D eigenvalue weighted by Gasteiger charge is -2.26. The fraction of sp³-hybridized carbons (Fsp3) is 0.0741. The predicted octanol–water partition coefficient (Wildman–Crippen LogP) is 13.6. The summed E-state index contributed by atoms with van der Waals surface area (Å²) >= 11 is 2.83. The molecule has 0 saturated carbocycles. The summed E-state index contributed by atoms with van der Waals surface area (Å²) in [4.78, 5) is 31.6. The molecule has 0 unspecified atom stereocenters. The number of hydrogen-bond acceptors (Lipinski definition) is 8. The largest absolute Gasteiger partial charge is 0.490 e. The van der Waals surface area contributed by atoms with E-state index >= 15 is 0 Å². The van der Waals surface area contributed by atoms with Gasteiger partial charge in [0.15, 0.2) is 11.5 Å². The van der Waals surface area contributed by atoms with E-state index in [1.165, 1.54) is 34.8 Å². The molecule has 0 aliphatic heterocycles. The first-order chi connectivity index (χ1) is 31.7. The second kappa shape index (κ2) is 21.2. The van der Waals surface area contributed by atoms with Gasteiger partial charge >= 0.3 is 11.9 Å². The summed E-state index contributed by atoms with van der Waals surface area (Å²) < 4.78 is 12.0. The van der Waals surface area contributed by atoms with Crippen LogP contribution in [0.2, 0.25) is 0 Å². The van der Waals surface area contributed by atoms with Crippen molar-refractivity contribution in [3.05, 3.63) is 216 Å². The molecule has 7 aromatic rings. The predicted molar refractivity (Wildman–Crippen MR) is 262 cm³/mol. The number of nitrogens with zero attached hydrogens (tertiary/aromatic N) is 3. The number of carbonyl (C=O) groups is 2. The van der Waals surface area contributed by atoms with E-state index in [2.05, 4.69) is 70.4 Å². The molecule has 5 aromatic carbocycles. The Kier molecular flexibility index (Phi) is 14.6. The van der Waals surface area contributed by atoms with Gasteiger partial charge in [-0.25, -0.2) is 9.64 Å². The van der Waals surface area contributed by atoms with Crippen LogP contribution in [0.4, 0.5) is 17.1 Å². The molecule has 7 rings (SSSR count). The standard InChI is InChI=1S/C54H41N3O6S2/c1-4-62-49-27-24-43(33-50(49)63-5-2)57(41-20-16-36(17-21-41)30-46(38-12-8-6-9-13-38)51-28-25-44(64-51)32-40(35-55)53(58)59)42-22-18-37(19-23-42)31-47(39-14-10-7-11-15-39)52-29-26-45(65-52)34-48(56-3)54(60)61/h6-34H,4-5H2,1-2H3,(H,58,59)(H,60,61). The van der Waals surface area contributed by atoms with Gasteiger partial charge < -0.3 is 24.6 Å². The molecule has 2 heterocycles. The van der Waals surface area contributed by atoms with Gasteiger partial charge in [-0.15, -0.1) is 22.7 Å². The van der Waals surface area contributed by atoms with Crippen LogP contribution in [0.3, 0.4) is 0 Å². The van der Waals surface area contributed by atoms with Gasteiger partial charge in [-0.2, -0.15) is 5.26 Å². The molecule has 0 saturated heterocycles. The van der Waals surface area contributed by atoms with Crippen LogP contribution in [-0.4, -0.2) is 35.4 Å². The van der Waals surface area contributed by atoms with E-state index in [-0.39, 0.29) is 11.3 Å². The van der Waals surface area contributed by atoms with E-state index in [0.29, 0.717) is 34.5 Å². The molecule has 0 fully saturated rings. The summed E-state index contributed by atoms with van der Waals surface area (Å²) in [6.07, 6.45) is 6.99. The Morgan fingerprint density at radius 2 is 1.09 bits per heavy atom. The van der Waals surface area contributed by atoms with Gasteiger partial charge in [-0.05, 0) is 132 Å². The van der Waals surface area contributed by atoms with E-state index in [4.69, 9.17) is 16.0 Å². The van der Waals surface area contributed by atoms with Gasteiger partial charge in [0.1, 0.15) is 11.6 Å². The van der Waals surface area contributed by atoms with Crippen LogP contribution >= 0.6 is 22.7 Å². The lowest BCUT2D eigenvalue weighted by atomic mass is 10.0. The highest BCUT2D eigenvalue weighted by Crippen LogP contribution is 2.41. The maximum absolute atomic E-state index is 11.6. The zero-order valence-electron chi connectivity index (χ0n) is 35.3. The van der Waals surface area contributed by atoms with Crippen LogP contribution < -0.4 is 14.4 Å².